The highest BCUT2D eigenvalue weighted by molar-refractivity contribution is 5.12. The second kappa shape index (κ2) is 2.73. The largest absolute Gasteiger partial charge is 0.393 e. The molecule has 3 N–H and O–H groups in total. The van der Waals surface area contributed by atoms with Crippen molar-refractivity contribution < 1.29 is 5.11 Å². The highest BCUT2D eigenvalue weighted by Crippen LogP contribution is 2.62. The molecule has 0 amide bonds. The van der Waals surface area contributed by atoms with Gasteiger partial charge in [-0.3, -0.25) is 0 Å². The minimum absolute atomic E-state index is 0.0830. The van der Waals surface area contributed by atoms with Crippen LogP contribution in [0.4, 0.5) is 0 Å². The van der Waals surface area contributed by atoms with Gasteiger partial charge in [-0.1, -0.05) is 6.92 Å². The minimum atomic E-state index is -0.0830. The highest BCUT2D eigenvalue weighted by atomic mass is 16.3. The van der Waals surface area contributed by atoms with Gasteiger partial charge in [0.2, 0.25) is 0 Å². The number of aliphatic hydroxyl groups excluding tert-OH is 1. The van der Waals surface area contributed by atoms with Crippen molar-refractivity contribution in [3.63, 3.8) is 0 Å². The summed E-state index contributed by atoms with van der Waals surface area (Å²) in [6, 6.07) is 0.390. The van der Waals surface area contributed by atoms with Gasteiger partial charge in [0.15, 0.2) is 0 Å². The molecule has 3 aliphatic rings. The highest BCUT2D eigenvalue weighted by Gasteiger charge is 2.60. The molecule has 0 saturated heterocycles. The van der Waals surface area contributed by atoms with Crippen molar-refractivity contribution in [3.8, 4) is 0 Å². The van der Waals surface area contributed by atoms with Crippen molar-refractivity contribution >= 4 is 0 Å². The van der Waals surface area contributed by atoms with E-state index in [2.05, 4.69) is 6.92 Å². The van der Waals surface area contributed by atoms with E-state index in [0.717, 1.165) is 18.3 Å². The summed E-state index contributed by atoms with van der Waals surface area (Å²) in [6.07, 6.45) is 6.14. The van der Waals surface area contributed by atoms with Crippen LogP contribution in [0, 0.1) is 23.2 Å². The fraction of sp³-hybridized carbons (Fsp3) is 1.00. The smallest absolute Gasteiger partial charge is 0.0572 e. The van der Waals surface area contributed by atoms with E-state index < -0.39 is 0 Å². The van der Waals surface area contributed by atoms with E-state index >= 15 is 0 Å². The summed E-state index contributed by atoms with van der Waals surface area (Å²) in [5.41, 5.74) is 6.71. The summed E-state index contributed by atoms with van der Waals surface area (Å²) in [4.78, 5) is 0. The Labute approximate surface area is 85.9 Å². The van der Waals surface area contributed by atoms with Crippen LogP contribution in [-0.4, -0.2) is 17.3 Å². The summed E-state index contributed by atoms with van der Waals surface area (Å²) in [6.45, 7) is 2.18. The molecular weight excluding hydrogens is 174 g/mol. The lowest BCUT2D eigenvalue weighted by Crippen LogP contribution is -2.45. The molecule has 3 fully saturated rings. The van der Waals surface area contributed by atoms with Crippen LogP contribution in [0.1, 0.15) is 39.0 Å². The summed E-state index contributed by atoms with van der Waals surface area (Å²) in [5, 5.41) is 9.91. The van der Waals surface area contributed by atoms with Crippen molar-refractivity contribution in [1.82, 2.24) is 0 Å². The molecule has 0 aliphatic heterocycles. The van der Waals surface area contributed by atoms with E-state index in [0.29, 0.717) is 17.4 Å². The third-order valence-corrected chi connectivity index (χ3v) is 5.41. The Bertz CT molecular complexity index is 239. The monoisotopic (exact) mass is 195 g/mol. The van der Waals surface area contributed by atoms with Crippen LogP contribution in [-0.2, 0) is 0 Å². The molecule has 2 nitrogen and oxygen atoms in total. The molecule has 2 bridgehead atoms. The fourth-order valence-electron chi connectivity index (χ4n) is 4.62. The lowest BCUT2D eigenvalue weighted by molar-refractivity contribution is 0.0999. The van der Waals surface area contributed by atoms with Gasteiger partial charge in [0.05, 0.1) is 6.10 Å². The van der Waals surface area contributed by atoms with Crippen LogP contribution < -0.4 is 5.73 Å². The van der Waals surface area contributed by atoms with Crippen molar-refractivity contribution in [1.29, 1.82) is 0 Å². The predicted molar refractivity (Wildman–Crippen MR) is 55.6 cm³/mol. The lowest BCUT2D eigenvalue weighted by Gasteiger charge is -2.39. The molecule has 0 aromatic carbocycles. The van der Waals surface area contributed by atoms with Crippen LogP contribution in [0.5, 0.6) is 0 Å². The molecule has 2 unspecified atom stereocenters. The van der Waals surface area contributed by atoms with Crippen LogP contribution in [0.3, 0.4) is 0 Å². The Morgan fingerprint density at radius 1 is 1.29 bits per heavy atom. The van der Waals surface area contributed by atoms with E-state index in [1.165, 1.54) is 25.7 Å². The Hall–Kier alpha value is -0.0800. The predicted octanol–water partition coefficient (Wildman–Crippen LogP) is 1.52. The second-order valence-corrected chi connectivity index (χ2v) is 5.98. The van der Waals surface area contributed by atoms with Crippen LogP contribution in [0.25, 0.3) is 0 Å². The number of hydrogen-bond donors (Lipinski definition) is 2. The minimum Gasteiger partial charge on any atom is -0.393 e. The standard InChI is InChI=1S/C12H21NO/c1-7-5-12(6-10(7)14)9-3-2-8(4-9)11(12)13/h7-11,14H,2-6,13H2,1H3/t7-,8?,9-,10-,11+,12?/m0/s1. The first-order valence-electron chi connectivity index (χ1n) is 6.07. The molecule has 0 aromatic rings. The van der Waals surface area contributed by atoms with E-state index in [9.17, 15) is 5.11 Å². The second-order valence-electron chi connectivity index (χ2n) is 5.98. The van der Waals surface area contributed by atoms with Gasteiger partial charge in [0, 0.05) is 6.04 Å². The maximum atomic E-state index is 9.91. The Morgan fingerprint density at radius 2 is 2.07 bits per heavy atom. The van der Waals surface area contributed by atoms with E-state index in [4.69, 9.17) is 5.73 Å². The number of fused-ring (bicyclic) bond motifs is 3. The molecule has 14 heavy (non-hydrogen) atoms. The van der Waals surface area contributed by atoms with Gasteiger partial charge in [-0.05, 0) is 55.3 Å². The first-order chi connectivity index (χ1) is 6.63. The zero-order chi connectivity index (χ0) is 9.92. The normalized spacial score (nSPS) is 61.5. The molecule has 2 heteroatoms. The first-order valence-corrected chi connectivity index (χ1v) is 6.07. The summed E-state index contributed by atoms with van der Waals surface area (Å²) < 4.78 is 0. The average Bonchev–Trinajstić information content (AvgIpc) is 2.76. The SMILES string of the molecule is C[C@H]1CC2(C[C@@H]1O)[C@H]1CCC(C1)[C@H]2N. The molecule has 3 saturated carbocycles. The zero-order valence-electron chi connectivity index (χ0n) is 8.95. The number of hydrogen-bond acceptors (Lipinski definition) is 2. The molecule has 80 valence electrons. The van der Waals surface area contributed by atoms with Gasteiger partial charge in [0.1, 0.15) is 0 Å². The van der Waals surface area contributed by atoms with Crippen LogP contribution in [0.15, 0.2) is 0 Å². The topological polar surface area (TPSA) is 46.2 Å². The maximum absolute atomic E-state index is 9.91. The molecule has 0 aromatic heterocycles. The number of aliphatic hydroxyl groups is 1. The average molecular weight is 195 g/mol. The number of rotatable bonds is 0. The molecular formula is C12H21NO. The van der Waals surface area contributed by atoms with Gasteiger partial charge < -0.3 is 10.8 Å². The van der Waals surface area contributed by atoms with Crippen molar-refractivity contribution in [2.24, 2.45) is 28.9 Å². The Balaban J connectivity index is 1.91. The van der Waals surface area contributed by atoms with Gasteiger partial charge in [0.25, 0.3) is 0 Å². The molecule has 6 atom stereocenters. The van der Waals surface area contributed by atoms with Gasteiger partial charge in [-0.25, -0.2) is 0 Å². The molecule has 3 rings (SSSR count). The quantitative estimate of drug-likeness (QED) is 0.615. The van der Waals surface area contributed by atoms with Crippen LogP contribution in [0.2, 0.25) is 0 Å². The lowest BCUT2D eigenvalue weighted by atomic mass is 9.68. The maximum Gasteiger partial charge on any atom is 0.0572 e. The van der Waals surface area contributed by atoms with Gasteiger partial charge in [-0.2, -0.15) is 0 Å². The summed E-state index contributed by atoms with van der Waals surface area (Å²) in [7, 11) is 0. The van der Waals surface area contributed by atoms with E-state index in [1.54, 1.807) is 0 Å². The van der Waals surface area contributed by atoms with Crippen molar-refractivity contribution in [2.45, 2.75) is 51.2 Å². The molecule has 1 spiro atoms. The van der Waals surface area contributed by atoms with E-state index in [1.807, 2.05) is 0 Å². The molecule has 0 radical (unpaired) electrons. The Kier molecular flexibility index (Phi) is 1.79. The third-order valence-electron chi connectivity index (χ3n) is 5.41. The Morgan fingerprint density at radius 3 is 2.57 bits per heavy atom. The van der Waals surface area contributed by atoms with Gasteiger partial charge >= 0.3 is 0 Å². The van der Waals surface area contributed by atoms with Crippen LogP contribution >= 0.6 is 0 Å². The van der Waals surface area contributed by atoms with Crippen molar-refractivity contribution in [3.05, 3.63) is 0 Å². The summed E-state index contributed by atoms with van der Waals surface area (Å²) in [5.74, 6) is 2.08. The number of nitrogens with two attached hydrogens (primary N) is 1. The van der Waals surface area contributed by atoms with Gasteiger partial charge in [-0.15, -0.1) is 0 Å². The third kappa shape index (κ3) is 0.938. The summed E-state index contributed by atoms with van der Waals surface area (Å²) >= 11 is 0. The first kappa shape index (κ1) is 9.17. The zero-order valence-corrected chi connectivity index (χ0v) is 8.95. The molecule has 3 aliphatic carbocycles. The van der Waals surface area contributed by atoms with E-state index in [-0.39, 0.29) is 6.10 Å². The van der Waals surface area contributed by atoms with Crippen molar-refractivity contribution in [2.75, 3.05) is 0 Å². The molecule has 0 heterocycles. The fourth-order valence-corrected chi connectivity index (χ4v) is 4.62.